The van der Waals surface area contributed by atoms with Gasteiger partial charge in [-0.05, 0) is 12.1 Å². The molecule has 0 aliphatic carbocycles. The van der Waals surface area contributed by atoms with E-state index >= 15 is 0 Å². The molecule has 10 heteroatoms. The molecule has 0 atom stereocenters. The average Bonchev–Trinajstić information content (AvgIpc) is 3.02. The minimum atomic E-state index is -1.04. The van der Waals surface area contributed by atoms with Crippen molar-refractivity contribution in [2.45, 2.75) is 10.1 Å². The molecule has 2 aromatic rings. The van der Waals surface area contributed by atoms with Crippen molar-refractivity contribution in [3.63, 3.8) is 0 Å². The van der Waals surface area contributed by atoms with Gasteiger partial charge in [0.05, 0.1) is 20.4 Å². The molecule has 0 fully saturated rings. The maximum atomic E-state index is 14.2. The van der Waals surface area contributed by atoms with Gasteiger partial charge in [-0.25, -0.2) is 18.7 Å². The van der Waals surface area contributed by atoms with E-state index in [4.69, 9.17) is 22.1 Å². The SMILES string of the molecule is N#CC(=C1Sc2nc(C#N)c(C#N)nc2S1)c1c(F)ccc(Cl)c1F. The minimum absolute atomic E-state index is 0.158. The summed E-state index contributed by atoms with van der Waals surface area (Å²) in [6.45, 7) is 0. The maximum absolute atomic E-state index is 14.2. The van der Waals surface area contributed by atoms with Crippen LogP contribution in [-0.4, -0.2) is 9.97 Å². The number of thioether (sulfide) groups is 2. The number of hydrogen-bond donors (Lipinski definition) is 0. The minimum Gasteiger partial charge on any atom is -0.224 e. The van der Waals surface area contributed by atoms with Crippen LogP contribution in [0.15, 0.2) is 26.4 Å². The average molecular weight is 390 g/mol. The van der Waals surface area contributed by atoms with Crippen molar-refractivity contribution < 1.29 is 8.78 Å². The number of benzene rings is 1. The highest BCUT2D eigenvalue weighted by molar-refractivity contribution is 8.24. The van der Waals surface area contributed by atoms with Crippen molar-refractivity contribution in [1.29, 1.82) is 15.8 Å². The Balaban J connectivity index is 2.17. The van der Waals surface area contributed by atoms with Crippen LogP contribution in [0.1, 0.15) is 17.0 Å². The van der Waals surface area contributed by atoms with Gasteiger partial charge in [0, 0.05) is 0 Å². The van der Waals surface area contributed by atoms with Crippen molar-refractivity contribution >= 4 is 40.7 Å². The fraction of sp³-hybridized carbons (Fsp3) is 0. The molecular weight excluding hydrogens is 388 g/mol. The molecule has 0 saturated carbocycles. The summed E-state index contributed by atoms with van der Waals surface area (Å²) in [4.78, 5) is 8.01. The first kappa shape index (κ1) is 17.2. The molecule has 3 rings (SSSR count). The monoisotopic (exact) mass is 389 g/mol. The van der Waals surface area contributed by atoms with Crippen LogP contribution in [0.4, 0.5) is 8.78 Å². The van der Waals surface area contributed by atoms with Crippen molar-refractivity contribution in [3.05, 3.63) is 50.0 Å². The largest absolute Gasteiger partial charge is 0.224 e. The number of nitriles is 3. The van der Waals surface area contributed by atoms with Gasteiger partial charge >= 0.3 is 0 Å². The fourth-order valence-corrected chi connectivity index (χ4v) is 4.39. The number of rotatable bonds is 1. The van der Waals surface area contributed by atoms with Crippen molar-refractivity contribution in [3.8, 4) is 18.2 Å². The summed E-state index contributed by atoms with van der Waals surface area (Å²) in [5, 5.41) is 27.6. The van der Waals surface area contributed by atoms with E-state index in [0.717, 1.165) is 35.7 Å². The Morgan fingerprint density at radius 3 is 2.04 bits per heavy atom. The second-order valence-corrected chi connectivity index (χ2v) is 7.12. The van der Waals surface area contributed by atoms with Crippen LogP contribution >= 0.6 is 35.1 Å². The van der Waals surface area contributed by atoms with Gasteiger partial charge in [0.25, 0.3) is 0 Å². The van der Waals surface area contributed by atoms with Gasteiger partial charge in [-0.3, -0.25) is 0 Å². The van der Waals surface area contributed by atoms with Crippen LogP contribution in [0.25, 0.3) is 5.57 Å². The van der Waals surface area contributed by atoms with Crippen molar-refractivity contribution in [2.75, 3.05) is 0 Å². The molecule has 0 amide bonds. The highest BCUT2D eigenvalue weighted by atomic mass is 35.5. The lowest BCUT2D eigenvalue weighted by atomic mass is 10.1. The Morgan fingerprint density at radius 2 is 1.56 bits per heavy atom. The summed E-state index contributed by atoms with van der Waals surface area (Å²) in [6.07, 6.45) is 0. The Bertz CT molecular complexity index is 1030. The highest BCUT2D eigenvalue weighted by Gasteiger charge is 2.29. The third-order valence-corrected chi connectivity index (χ3v) is 5.69. The van der Waals surface area contributed by atoms with E-state index in [9.17, 15) is 14.0 Å². The van der Waals surface area contributed by atoms with E-state index in [1.807, 2.05) is 0 Å². The first-order chi connectivity index (χ1) is 12.0. The molecule has 0 radical (unpaired) electrons. The molecule has 5 nitrogen and oxygen atoms in total. The van der Waals surface area contributed by atoms with Gasteiger partial charge in [0.2, 0.25) is 0 Å². The summed E-state index contributed by atoms with van der Waals surface area (Å²) < 4.78 is 28.5. The van der Waals surface area contributed by atoms with E-state index in [1.54, 1.807) is 18.2 Å². The van der Waals surface area contributed by atoms with Gasteiger partial charge < -0.3 is 0 Å². The molecule has 0 N–H and O–H groups in total. The molecule has 25 heavy (non-hydrogen) atoms. The number of nitrogens with zero attached hydrogens (tertiary/aromatic N) is 5. The van der Waals surface area contributed by atoms with Gasteiger partial charge in [0.15, 0.2) is 17.2 Å². The quantitative estimate of drug-likeness (QED) is 0.531. The van der Waals surface area contributed by atoms with E-state index in [-0.39, 0.29) is 36.3 Å². The number of allylic oxidation sites excluding steroid dienone is 1. The molecule has 1 aromatic heterocycles. The van der Waals surface area contributed by atoms with Crippen LogP contribution < -0.4 is 0 Å². The van der Waals surface area contributed by atoms with E-state index in [1.165, 1.54) is 0 Å². The van der Waals surface area contributed by atoms with E-state index < -0.39 is 17.2 Å². The number of hydrogen-bond acceptors (Lipinski definition) is 7. The summed E-state index contributed by atoms with van der Waals surface area (Å²) in [5.41, 5.74) is -1.12. The summed E-state index contributed by atoms with van der Waals surface area (Å²) >= 11 is 7.57. The lowest BCUT2D eigenvalue weighted by Gasteiger charge is -2.06. The van der Waals surface area contributed by atoms with Crippen LogP contribution in [0, 0.1) is 45.6 Å². The van der Waals surface area contributed by atoms with E-state index in [0.29, 0.717) is 0 Å². The number of aromatic nitrogens is 2. The Kier molecular flexibility index (Phi) is 4.61. The van der Waals surface area contributed by atoms with Crippen LogP contribution in [0.2, 0.25) is 5.02 Å². The molecule has 0 unspecified atom stereocenters. The molecule has 1 aliphatic rings. The van der Waals surface area contributed by atoms with Gasteiger partial charge in [-0.1, -0.05) is 35.1 Å². The zero-order valence-electron chi connectivity index (χ0n) is 11.8. The standard InChI is InChI=1S/C15H2ClF2N5S2/c16-7-1-2-8(17)11(12(7)18)6(3-19)15-24-13-14(25-15)23-10(5-21)9(4-20)22-13/h1-2H. The molecule has 0 saturated heterocycles. The number of halogens is 3. The smallest absolute Gasteiger partial charge is 0.178 e. The van der Waals surface area contributed by atoms with Crippen LogP contribution in [0.5, 0.6) is 0 Å². The predicted molar refractivity (Wildman–Crippen MR) is 87.1 cm³/mol. The molecule has 120 valence electrons. The zero-order chi connectivity index (χ0) is 18.1. The van der Waals surface area contributed by atoms with Crippen LogP contribution in [0.3, 0.4) is 0 Å². The summed E-state index contributed by atoms with van der Waals surface area (Å²) in [7, 11) is 0. The van der Waals surface area contributed by atoms with E-state index in [2.05, 4.69) is 9.97 Å². The zero-order valence-corrected chi connectivity index (χ0v) is 14.2. The fourth-order valence-electron chi connectivity index (χ4n) is 1.95. The Hall–Kier alpha value is -2.64. The molecule has 1 aliphatic heterocycles. The Morgan fingerprint density at radius 1 is 1.00 bits per heavy atom. The lowest BCUT2D eigenvalue weighted by molar-refractivity contribution is 0.578. The summed E-state index contributed by atoms with van der Waals surface area (Å²) in [5.74, 6) is -1.97. The third-order valence-electron chi connectivity index (χ3n) is 3.03. The first-order valence-electron chi connectivity index (χ1n) is 6.36. The highest BCUT2D eigenvalue weighted by Crippen LogP contribution is 2.52. The number of fused-ring (bicyclic) bond motifs is 1. The molecule has 0 spiro atoms. The molecular formula is C15H2ClF2N5S2. The van der Waals surface area contributed by atoms with Crippen molar-refractivity contribution in [2.24, 2.45) is 0 Å². The topological polar surface area (TPSA) is 97.1 Å². The second kappa shape index (κ2) is 6.70. The van der Waals surface area contributed by atoms with Gasteiger partial charge in [0.1, 0.15) is 34.1 Å². The molecule has 2 heterocycles. The van der Waals surface area contributed by atoms with Crippen LogP contribution in [-0.2, 0) is 0 Å². The normalized spacial score (nSPS) is 12.1. The molecule has 1 aromatic carbocycles. The maximum Gasteiger partial charge on any atom is 0.178 e. The lowest BCUT2D eigenvalue weighted by Crippen LogP contribution is -1.96. The summed E-state index contributed by atoms with van der Waals surface area (Å²) in [6, 6.07) is 7.31. The molecule has 0 bridgehead atoms. The third kappa shape index (κ3) is 2.92. The predicted octanol–water partition coefficient (Wildman–Crippen LogP) is 4.24. The van der Waals surface area contributed by atoms with Gasteiger partial charge in [-0.15, -0.1) is 0 Å². The Labute approximate surface area is 153 Å². The van der Waals surface area contributed by atoms with Crippen molar-refractivity contribution in [1.82, 2.24) is 9.97 Å². The van der Waals surface area contributed by atoms with Gasteiger partial charge in [-0.2, -0.15) is 15.8 Å². The first-order valence-corrected chi connectivity index (χ1v) is 8.37. The second-order valence-electron chi connectivity index (χ2n) is 4.45.